The maximum atomic E-state index is 14.0. The Bertz CT molecular complexity index is 1770. The lowest BCUT2D eigenvalue weighted by molar-refractivity contribution is -0.124. The van der Waals surface area contributed by atoms with Crippen LogP contribution >= 0.6 is 45.3 Å². The Kier molecular flexibility index (Phi) is 12.1. The molecule has 5 nitrogen and oxygen atoms in total. The third kappa shape index (κ3) is 7.60. The van der Waals surface area contributed by atoms with Crippen LogP contribution in [0.1, 0.15) is 101 Å². The molecular weight excluding hydrogens is 673 g/mol. The van der Waals surface area contributed by atoms with E-state index in [1.807, 2.05) is 50.7 Å². The zero-order valence-corrected chi connectivity index (χ0v) is 32.1. The first-order valence-electron chi connectivity index (χ1n) is 17.8. The highest BCUT2D eigenvalue weighted by Crippen LogP contribution is 2.48. The van der Waals surface area contributed by atoms with Crippen molar-refractivity contribution in [1.82, 2.24) is 9.80 Å². The summed E-state index contributed by atoms with van der Waals surface area (Å²) in [6.45, 7) is 11.1. The van der Waals surface area contributed by atoms with Crippen LogP contribution in [0, 0.1) is 6.92 Å². The Labute approximate surface area is 301 Å². The van der Waals surface area contributed by atoms with Crippen molar-refractivity contribution in [2.75, 3.05) is 26.3 Å². The van der Waals surface area contributed by atoms with Gasteiger partial charge in [-0.25, -0.2) is 0 Å². The summed E-state index contributed by atoms with van der Waals surface area (Å²) in [5.41, 5.74) is 2.76. The fraction of sp³-hybridized carbons (Fsp3) is 0.487. The van der Waals surface area contributed by atoms with Crippen LogP contribution in [0.5, 0.6) is 0 Å². The van der Waals surface area contributed by atoms with Crippen LogP contribution in [0.25, 0.3) is 34.6 Å². The fourth-order valence-electron chi connectivity index (χ4n) is 6.63. The van der Waals surface area contributed by atoms with E-state index in [9.17, 15) is 9.59 Å². The number of unbranched alkanes of at least 4 members (excludes halogenated alkanes) is 8. The molecule has 2 amide bonds. The molecule has 2 aliphatic rings. The number of fused-ring (bicyclic) bond motifs is 2. The molecule has 0 bridgehead atoms. The van der Waals surface area contributed by atoms with Crippen LogP contribution in [-0.2, 0) is 14.3 Å². The molecule has 6 rings (SSSR count). The lowest BCUT2D eigenvalue weighted by Crippen LogP contribution is -2.31. The average molecular weight is 721 g/mol. The first kappa shape index (κ1) is 35.3. The number of hydrogen-bond donors (Lipinski definition) is 0. The van der Waals surface area contributed by atoms with Gasteiger partial charge in [-0.15, -0.1) is 45.3 Å². The Morgan fingerprint density at radius 3 is 1.79 bits per heavy atom. The van der Waals surface area contributed by atoms with E-state index in [-0.39, 0.29) is 11.8 Å². The van der Waals surface area contributed by atoms with Crippen molar-refractivity contribution in [2.45, 2.75) is 98.3 Å². The Balaban J connectivity index is 1.15. The molecule has 0 fully saturated rings. The van der Waals surface area contributed by atoms with Gasteiger partial charge in [-0.05, 0) is 69.5 Å². The summed E-state index contributed by atoms with van der Waals surface area (Å²) in [7, 11) is 0. The molecule has 0 unspecified atom stereocenters. The predicted octanol–water partition coefficient (Wildman–Crippen LogP) is 11.7. The molecule has 48 heavy (non-hydrogen) atoms. The lowest BCUT2D eigenvalue weighted by atomic mass is 10.1. The van der Waals surface area contributed by atoms with E-state index in [0.717, 1.165) is 48.6 Å². The number of rotatable bonds is 19. The second-order valence-electron chi connectivity index (χ2n) is 12.9. The molecule has 0 saturated carbocycles. The van der Waals surface area contributed by atoms with Crippen molar-refractivity contribution in [1.29, 1.82) is 0 Å². The van der Waals surface area contributed by atoms with Crippen molar-refractivity contribution in [2.24, 2.45) is 0 Å². The average Bonchev–Trinajstić information content (AvgIpc) is 3.91. The molecule has 0 aliphatic carbocycles. The van der Waals surface area contributed by atoms with Gasteiger partial charge in [0.15, 0.2) is 0 Å². The first-order chi connectivity index (χ1) is 23.4. The number of hydrogen-bond acceptors (Lipinski definition) is 7. The number of carbonyl (C=O) groups excluding carboxylic acids is 2. The number of aryl methyl sites for hydroxylation is 1. The van der Waals surface area contributed by atoms with Gasteiger partial charge in [-0.1, -0.05) is 65.2 Å². The molecule has 2 aliphatic heterocycles. The van der Waals surface area contributed by atoms with Gasteiger partial charge in [-0.3, -0.25) is 9.59 Å². The molecule has 0 N–H and O–H groups in total. The summed E-state index contributed by atoms with van der Waals surface area (Å²) in [5, 5.41) is 0. The number of nitrogens with zero attached hydrogens (tertiary/aromatic N) is 2. The number of thiophene rings is 4. The van der Waals surface area contributed by atoms with Gasteiger partial charge >= 0.3 is 0 Å². The summed E-state index contributed by atoms with van der Waals surface area (Å²) in [6.07, 6.45) is 12.9. The topological polar surface area (TPSA) is 49.9 Å². The van der Waals surface area contributed by atoms with Crippen molar-refractivity contribution in [3.05, 3.63) is 63.0 Å². The van der Waals surface area contributed by atoms with E-state index in [1.54, 1.807) is 11.3 Å². The zero-order chi connectivity index (χ0) is 33.6. The molecule has 256 valence electrons. The largest absolute Gasteiger partial charge is 0.381 e. The summed E-state index contributed by atoms with van der Waals surface area (Å²) < 4.78 is 8.60. The van der Waals surface area contributed by atoms with Gasteiger partial charge in [0, 0.05) is 65.8 Å². The third-order valence-corrected chi connectivity index (χ3v) is 14.0. The SMILES string of the molecule is CCCCCCCCCCOCCCN1C(=O)C2=C(C)N(CCCC)C(=O)C2=C1c1ccc(-c2cc3sc(-c4ccc(C)s4)cc3s2)s1. The molecule has 4 aromatic rings. The summed E-state index contributed by atoms with van der Waals surface area (Å²) >= 11 is 7.19. The second-order valence-corrected chi connectivity index (χ2v) is 17.5. The molecule has 0 atom stereocenters. The lowest BCUT2D eigenvalue weighted by Gasteiger charge is -2.23. The normalized spacial score (nSPS) is 15.0. The van der Waals surface area contributed by atoms with Crippen molar-refractivity contribution in [3.63, 3.8) is 0 Å². The maximum absolute atomic E-state index is 14.0. The summed E-state index contributed by atoms with van der Waals surface area (Å²) in [5.74, 6) is -0.0773. The van der Waals surface area contributed by atoms with E-state index < -0.39 is 0 Å². The molecule has 0 aromatic carbocycles. The molecule has 0 radical (unpaired) electrons. The second kappa shape index (κ2) is 16.4. The fourth-order valence-corrected chi connectivity index (χ4v) is 11.1. The van der Waals surface area contributed by atoms with Crippen LogP contribution in [0.3, 0.4) is 0 Å². The number of ether oxygens (including phenoxy) is 1. The third-order valence-electron chi connectivity index (χ3n) is 9.26. The minimum absolute atomic E-state index is 0.0318. The quantitative estimate of drug-likeness (QED) is 0.0906. The van der Waals surface area contributed by atoms with Gasteiger partial charge in [0.05, 0.1) is 21.7 Å². The van der Waals surface area contributed by atoms with Crippen LogP contribution in [0.2, 0.25) is 0 Å². The summed E-state index contributed by atoms with van der Waals surface area (Å²) in [6, 6.07) is 13.3. The van der Waals surface area contributed by atoms with Crippen LogP contribution in [0.15, 0.2) is 53.2 Å². The number of allylic oxidation sites excluding steroid dienone is 1. The zero-order valence-electron chi connectivity index (χ0n) is 28.8. The summed E-state index contributed by atoms with van der Waals surface area (Å²) in [4.78, 5) is 38.9. The highest BCUT2D eigenvalue weighted by molar-refractivity contribution is 7.33. The van der Waals surface area contributed by atoms with Crippen molar-refractivity contribution < 1.29 is 14.3 Å². The van der Waals surface area contributed by atoms with E-state index >= 15 is 0 Å². The highest BCUT2D eigenvalue weighted by atomic mass is 32.1. The minimum Gasteiger partial charge on any atom is -0.381 e. The Morgan fingerprint density at radius 1 is 0.562 bits per heavy atom. The van der Waals surface area contributed by atoms with Gasteiger partial charge in [0.25, 0.3) is 11.8 Å². The molecular formula is C39H48N2O3S4. The monoisotopic (exact) mass is 720 g/mol. The smallest absolute Gasteiger partial charge is 0.261 e. The predicted molar refractivity (Wildman–Crippen MR) is 207 cm³/mol. The minimum atomic E-state index is -0.0455. The standard InChI is InChI=1S/C39H48N2O3S4/c1-5-7-9-10-11-12-13-14-22-44-23-15-21-41-37(36-35(38(41)42)27(4)40(39(36)43)20-8-6-2)30-19-18-29(46-30)32-25-34-33(48-32)24-31(47-34)28-17-16-26(3)45-28/h16-19,24-25H,5-15,20-23H2,1-4H3. The van der Waals surface area contributed by atoms with Gasteiger partial charge in [0.1, 0.15) is 0 Å². The maximum Gasteiger partial charge on any atom is 0.261 e. The Morgan fingerprint density at radius 2 is 1.12 bits per heavy atom. The van der Waals surface area contributed by atoms with Crippen LogP contribution < -0.4 is 0 Å². The van der Waals surface area contributed by atoms with Crippen LogP contribution in [0.4, 0.5) is 0 Å². The van der Waals surface area contributed by atoms with Gasteiger partial charge < -0.3 is 14.5 Å². The first-order valence-corrected chi connectivity index (χ1v) is 21.1. The van der Waals surface area contributed by atoms with Gasteiger partial charge in [0.2, 0.25) is 0 Å². The molecule has 4 aromatic heterocycles. The highest BCUT2D eigenvalue weighted by Gasteiger charge is 2.47. The number of amides is 2. The van der Waals surface area contributed by atoms with E-state index in [0.29, 0.717) is 30.8 Å². The van der Waals surface area contributed by atoms with Crippen molar-refractivity contribution >= 4 is 72.3 Å². The molecule has 0 saturated heterocycles. The van der Waals surface area contributed by atoms with E-state index in [1.165, 1.54) is 78.7 Å². The van der Waals surface area contributed by atoms with Gasteiger partial charge in [-0.2, -0.15) is 0 Å². The van der Waals surface area contributed by atoms with Crippen LogP contribution in [-0.4, -0.2) is 47.9 Å². The van der Waals surface area contributed by atoms with E-state index in [4.69, 9.17) is 4.74 Å². The molecule has 6 heterocycles. The number of carbonyl (C=O) groups is 2. The molecule has 9 heteroatoms. The molecule has 0 spiro atoms. The Hall–Kier alpha value is -2.56. The van der Waals surface area contributed by atoms with Crippen molar-refractivity contribution in [3.8, 4) is 19.5 Å². The van der Waals surface area contributed by atoms with E-state index in [2.05, 4.69) is 57.2 Å².